The number of aliphatic hydroxyl groups is 10. The van der Waals surface area contributed by atoms with Crippen LogP contribution in [0.5, 0.6) is 0 Å². The minimum Gasteiger partial charge on any atom is -0.394 e. The molecule has 2 heterocycles. The molecule has 2 aliphatic rings. The lowest BCUT2D eigenvalue weighted by atomic mass is 9.94. The molecule has 12 heteroatoms. The standard InChI is InChI=1S/2C7H14O6/c2*1-7(12)6(11)5(10)4(9)3(2-8)13-7/h2*3-6,8-12H,2H2,1H3/t2*3-,4-,5+,6+,7+/m11/s1. The Balaban J connectivity index is 0.000000260. The summed E-state index contributed by atoms with van der Waals surface area (Å²) in [6, 6.07) is 0. The first-order chi connectivity index (χ1) is 11.8. The molecule has 0 unspecified atom stereocenters. The predicted octanol–water partition coefficient (Wildman–Crippen LogP) is -5.66. The van der Waals surface area contributed by atoms with Gasteiger partial charge in [0, 0.05) is 0 Å². The van der Waals surface area contributed by atoms with Gasteiger partial charge in [-0.3, -0.25) is 0 Å². The molecular formula is C14H28O12. The van der Waals surface area contributed by atoms with Crippen molar-refractivity contribution in [2.75, 3.05) is 13.2 Å². The van der Waals surface area contributed by atoms with Crippen LogP contribution in [-0.2, 0) is 9.47 Å². The number of hydrogen-bond acceptors (Lipinski definition) is 12. The zero-order valence-electron chi connectivity index (χ0n) is 14.3. The summed E-state index contributed by atoms with van der Waals surface area (Å²) in [5.41, 5.74) is 0. The molecule has 0 spiro atoms. The van der Waals surface area contributed by atoms with Gasteiger partial charge < -0.3 is 60.5 Å². The van der Waals surface area contributed by atoms with Gasteiger partial charge in [-0.25, -0.2) is 0 Å². The molecule has 10 N–H and O–H groups in total. The lowest BCUT2D eigenvalue weighted by molar-refractivity contribution is -0.341. The van der Waals surface area contributed by atoms with Crippen molar-refractivity contribution in [1.82, 2.24) is 0 Å². The first-order valence-electron chi connectivity index (χ1n) is 7.90. The molecule has 10 atom stereocenters. The van der Waals surface area contributed by atoms with Crippen LogP contribution in [0.2, 0.25) is 0 Å². The molecule has 0 aromatic carbocycles. The van der Waals surface area contributed by atoms with Crippen LogP contribution < -0.4 is 0 Å². The maximum atomic E-state index is 9.38. The van der Waals surface area contributed by atoms with E-state index in [1.54, 1.807) is 0 Å². The van der Waals surface area contributed by atoms with Gasteiger partial charge in [0.1, 0.15) is 48.8 Å². The van der Waals surface area contributed by atoms with Gasteiger partial charge >= 0.3 is 0 Å². The van der Waals surface area contributed by atoms with E-state index >= 15 is 0 Å². The van der Waals surface area contributed by atoms with Crippen molar-refractivity contribution in [3.63, 3.8) is 0 Å². The first kappa shape index (κ1) is 23.6. The molecule has 0 aromatic heterocycles. The van der Waals surface area contributed by atoms with Crippen molar-refractivity contribution >= 4 is 0 Å². The fourth-order valence-electron chi connectivity index (χ4n) is 2.63. The zero-order valence-corrected chi connectivity index (χ0v) is 14.3. The van der Waals surface area contributed by atoms with E-state index in [-0.39, 0.29) is 0 Å². The van der Waals surface area contributed by atoms with Gasteiger partial charge in [-0.1, -0.05) is 0 Å². The van der Waals surface area contributed by atoms with Gasteiger partial charge in [0.25, 0.3) is 0 Å². The highest BCUT2D eigenvalue weighted by Crippen LogP contribution is 2.28. The van der Waals surface area contributed by atoms with Crippen LogP contribution in [0, 0.1) is 0 Å². The monoisotopic (exact) mass is 388 g/mol. The molecular weight excluding hydrogens is 360 g/mol. The Bertz CT molecular complexity index is 400. The van der Waals surface area contributed by atoms with Crippen molar-refractivity contribution in [3.05, 3.63) is 0 Å². The van der Waals surface area contributed by atoms with Crippen LogP contribution in [-0.4, -0.2) is 125 Å². The summed E-state index contributed by atoms with van der Waals surface area (Å²) in [6.45, 7) is 1.22. The summed E-state index contributed by atoms with van der Waals surface area (Å²) in [7, 11) is 0. The molecule has 2 saturated heterocycles. The molecule has 0 aromatic rings. The summed E-state index contributed by atoms with van der Waals surface area (Å²) in [5, 5.41) is 91.6. The second-order valence-electron chi connectivity index (χ2n) is 6.64. The minimum atomic E-state index is -1.95. The summed E-state index contributed by atoms with van der Waals surface area (Å²) < 4.78 is 9.53. The predicted molar refractivity (Wildman–Crippen MR) is 81.2 cm³/mol. The highest BCUT2D eigenvalue weighted by atomic mass is 16.7. The van der Waals surface area contributed by atoms with Gasteiger partial charge in [-0.15, -0.1) is 0 Å². The van der Waals surface area contributed by atoms with Crippen molar-refractivity contribution in [3.8, 4) is 0 Å². The SMILES string of the molecule is C[C@]1(O)O[C@H](CO)[C@@H](O)[C@H](O)[C@@H]1O.C[C@]1(O)O[C@H](CO)[C@@H](O)[C@H](O)[C@@H]1O. The average molecular weight is 388 g/mol. The van der Waals surface area contributed by atoms with Crippen LogP contribution in [0.1, 0.15) is 13.8 Å². The average Bonchev–Trinajstić information content (AvgIpc) is 2.58. The van der Waals surface area contributed by atoms with Gasteiger partial charge in [0.2, 0.25) is 0 Å². The summed E-state index contributed by atoms with van der Waals surface area (Å²) in [6.07, 6.45) is -11.2. The van der Waals surface area contributed by atoms with Gasteiger partial charge in [-0.2, -0.15) is 0 Å². The lowest BCUT2D eigenvalue weighted by Gasteiger charge is -2.43. The molecule has 156 valence electrons. The molecule has 12 nitrogen and oxygen atoms in total. The second-order valence-corrected chi connectivity index (χ2v) is 6.64. The highest BCUT2D eigenvalue weighted by Gasteiger charge is 2.50. The third-order valence-corrected chi connectivity index (χ3v) is 4.35. The number of aliphatic hydroxyl groups excluding tert-OH is 8. The fourth-order valence-corrected chi connectivity index (χ4v) is 2.63. The summed E-state index contributed by atoms with van der Waals surface area (Å²) in [5.74, 6) is -3.90. The minimum absolute atomic E-state index is 0.541. The Labute approximate surface area is 149 Å². The number of ether oxygens (including phenoxy) is 2. The molecule has 0 radical (unpaired) electrons. The van der Waals surface area contributed by atoms with Crippen LogP contribution in [0.25, 0.3) is 0 Å². The maximum absolute atomic E-state index is 9.38. The lowest BCUT2D eigenvalue weighted by Crippen LogP contribution is -2.63. The van der Waals surface area contributed by atoms with E-state index in [9.17, 15) is 40.9 Å². The largest absolute Gasteiger partial charge is 0.394 e. The third-order valence-electron chi connectivity index (χ3n) is 4.35. The van der Waals surface area contributed by atoms with E-state index in [0.29, 0.717) is 0 Å². The Morgan fingerprint density at radius 3 is 1.12 bits per heavy atom. The van der Waals surface area contributed by atoms with Crippen LogP contribution in [0.4, 0.5) is 0 Å². The molecule has 2 aliphatic heterocycles. The Morgan fingerprint density at radius 2 is 0.885 bits per heavy atom. The maximum Gasteiger partial charge on any atom is 0.192 e. The number of hydrogen-bond donors (Lipinski definition) is 10. The quantitative estimate of drug-likeness (QED) is 0.214. The van der Waals surface area contributed by atoms with Gasteiger partial charge in [0.05, 0.1) is 13.2 Å². The van der Waals surface area contributed by atoms with Crippen LogP contribution in [0.15, 0.2) is 0 Å². The van der Waals surface area contributed by atoms with E-state index in [1.807, 2.05) is 0 Å². The summed E-state index contributed by atoms with van der Waals surface area (Å²) >= 11 is 0. The molecule has 0 saturated carbocycles. The van der Waals surface area contributed by atoms with Gasteiger partial charge in [0.15, 0.2) is 11.6 Å². The van der Waals surface area contributed by atoms with Crippen molar-refractivity contribution < 1.29 is 60.5 Å². The smallest absolute Gasteiger partial charge is 0.192 e. The van der Waals surface area contributed by atoms with E-state index in [2.05, 4.69) is 0 Å². The van der Waals surface area contributed by atoms with E-state index in [1.165, 1.54) is 0 Å². The first-order valence-corrected chi connectivity index (χ1v) is 7.90. The van der Waals surface area contributed by atoms with Crippen LogP contribution >= 0.6 is 0 Å². The van der Waals surface area contributed by atoms with Crippen molar-refractivity contribution in [2.45, 2.75) is 74.3 Å². The van der Waals surface area contributed by atoms with Crippen molar-refractivity contribution in [1.29, 1.82) is 0 Å². The van der Waals surface area contributed by atoms with Crippen molar-refractivity contribution in [2.24, 2.45) is 0 Å². The number of rotatable bonds is 2. The highest BCUT2D eigenvalue weighted by molar-refractivity contribution is 4.94. The normalized spacial score (nSPS) is 52.2. The van der Waals surface area contributed by atoms with E-state index < -0.39 is 73.6 Å². The van der Waals surface area contributed by atoms with E-state index in [4.69, 9.17) is 19.7 Å². The molecule has 2 fully saturated rings. The second kappa shape index (κ2) is 8.68. The van der Waals surface area contributed by atoms with E-state index in [0.717, 1.165) is 13.8 Å². The Morgan fingerprint density at radius 1 is 0.615 bits per heavy atom. The third kappa shape index (κ3) is 4.86. The summed E-state index contributed by atoms with van der Waals surface area (Å²) in [4.78, 5) is 0. The zero-order chi connectivity index (χ0) is 20.4. The molecule has 2 rings (SSSR count). The topological polar surface area (TPSA) is 221 Å². The Hall–Kier alpha value is -0.480. The molecule has 0 bridgehead atoms. The fraction of sp³-hybridized carbons (Fsp3) is 1.00. The van der Waals surface area contributed by atoms with Crippen LogP contribution in [0.3, 0.4) is 0 Å². The Kier molecular flexibility index (Phi) is 7.87. The molecule has 0 aliphatic carbocycles. The van der Waals surface area contributed by atoms with Gasteiger partial charge in [-0.05, 0) is 13.8 Å². The molecule has 26 heavy (non-hydrogen) atoms. The molecule has 0 amide bonds.